The van der Waals surface area contributed by atoms with Gasteiger partial charge in [0.2, 0.25) is 0 Å². The van der Waals surface area contributed by atoms with E-state index in [1.165, 1.54) is 24.3 Å². The van der Waals surface area contributed by atoms with Crippen molar-refractivity contribution >= 4 is 69.6 Å². The molecule has 1 radical (unpaired) electrons. The maximum Gasteiger partial charge on any atom is 0.323 e. The van der Waals surface area contributed by atoms with Gasteiger partial charge in [0, 0.05) is 58.6 Å². The maximum atomic E-state index is 13.0. The van der Waals surface area contributed by atoms with E-state index in [9.17, 15) is 14.4 Å². The summed E-state index contributed by atoms with van der Waals surface area (Å²) in [6.07, 6.45) is 4.56. The van der Waals surface area contributed by atoms with Gasteiger partial charge in [0.1, 0.15) is 29.1 Å². The number of urea groups is 1. The van der Waals surface area contributed by atoms with E-state index in [4.69, 9.17) is 9.47 Å². The van der Waals surface area contributed by atoms with E-state index >= 15 is 0 Å². The molecular weight excluding hydrogens is 502 g/mol. The van der Waals surface area contributed by atoms with Crippen LogP contribution >= 0.6 is 11.8 Å². The first-order chi connectivity index (χ1) is 17.6. The standard InChI is InChI=1S/C27H23FN4O3S.Na/c1-36-14-2-13-34-26-16-24-23(15-18(26)17-29)25(11-12-30-24)35-22-9-7-21(8-10-22)32-27(33)31-20-5-3-19(28)4-6-20;/h3-12,15-16H,2,13-14H2,1H3,(H2,31,32,33);. The van der Waals surface area contributed by atoms with Gasteiger partial charge in [0.25, 0.3) is 0 Å². The molecule has 2 N–H and O–H groups in total. The first kappa shape index (κ1) is 28.3. The molecule has 0 spiro atoms. The molecule has 0 atom stereocenters. The molecular formula is C27H23FN4NaO3S. The molecule has 0 aliphatic carbocycles. The normalized spacial score (nSPS) is 10.2. The number of amides is 2. The molecule has 7 nitrogen and oxygen atoms in total. The second-order valence-electron chi connectivity index (χ2n) is 7.69. The number of fused-ring (bicyclic) bond motifs is 1. The Hall–Kier alpha value is -3.29. The zero-order chi connectivity index (χ0) is 25.3. The number of aromatic nitrogens is 1. The Balaban J connectivity index is 0.00000380. The molecule has 10 heteroatoms. The topological polar surface area (TPSA) is 96.3 Å². The number of nitrogens with zero attached hydrogens (tertiary/aromatic N) is 2. The number of carbonyl (C=O) groups excluding carboxylic acids is 1. The molecule has 3 aromatic carbocycles. The average molecular weight is 526 g/mol. The minimum Gasteiger partial charge on any atom is -0.492 e. The number of pyridine rings is 1. The van der Waals surface area contributed by atoms with E-state index in [1.807, 2.05) is 6.26 Å². The van der Waals surface area contributed by atoms with Crippen molar-refractivity contribution in [2.45, 2.75) is 6.42 Å². The monoisotopic (exact) mass is 525 g/mol. The van der Waals surface area contributed by atoms with Crippen LogP contribution in [0.2, 0.25) is 0 Å². The van der Waals surface area contributed by atoms with Crippen molar-refractivity contribution in [1.29, 1.82) is 5.26 Å². The largest absolute Gasteiger partial charge is 0.492 e. The van der Waals surface area contributed by atoms with Gasteiger partial charge in [0.15, 0.2) is 0 Å². The molecule has 0 fully saturated rings. The summed E-state index contributed by atoms with van der Waals surface area (Å²) in [5.41, 5.74) is 2.10. The van der Waals surface area contributed by atoms with Crippen LogP contribution < -0.4 is 20.1 Å². The number of halogens is 1. The molecule has 0 aliphatic rings. The molecule has 4 aromatic rings. The van der Waals surface area contributed by atoms with Crippen molar-refractivity contribution in [3.05, 3.63) is 84.3 Å². The Labute approximate surface area is 240 Å². The Bertz CT molecular complexity index is 1400. The van der Waals surface area contributed by atoms with E-state index in [0.29, 0.717) is 51.7 Å². The van der Waals surface area contributed by atoms with Gasteiger partial charge < -0.3 is 20.1 Å². The number of hydrogen-bond donors (Lipinski definition) is 2. The zero-order valence-corrected chi connectivity index (χ0v) is 23.3. The summed E-state index contributed by atoms with van der Waals surface area (Å²) < 4.78 is 24.9. The van der Waals surface area contributed by atoms with E-state index < -0.39 is 6.03 Å². The van der Waals surface area contributed by atoms with Gasteiger partial charge in [-0.2, -0.15) is 17.0 Å². The van der Waals surface area contributed by atoms with Crippen molar-refractivity contribution in [1.82, 2.24) is 4.98 Å². The van der Waals surface area contributed by atoms with Gasteiger partial charge >= 0.3 is 6.03 Å². The Kier molecular flexibility index (Phi) is 10.6. The van der Waals surface area contributed by atoms with Crippen molar-refractivity contribution in [2.24, 2.45) is 0 Å². The number of hydrogen-bond acceptors (Lipinski definition) is 6. The summed E-state index contributed by atoms with van der Waals surface area (Å²) in [6.45, 7) is 0.527. The van der Waals surface area contributed by atoms with Crippen molar-refractivity contribution in [2.75, 3.05) is 29.2 Å². The number of anilines is 2. The quantitative estimate of drug-likeness (QED) is 0.193. The molecule has 37 heavy (non-hydrogen) atoms. The van der Waals surface area contributed by atoms with Crippen LogP contribution in [0.25, 0.3) is 10.9 Å². The smallest absolute Gasteiger partial charge is 0.323 e. The first-order valence-electron chi connectivity index (χ1n) is 11.1. The summed E-state index contributed by atoms with van der Waals surface area (Å²) >= 11 is 1.75. The van der Waals surface area contributed by atoms with Gasteiger partial charge in [-0.25, -0.2) is 9.18 Å². The van der Waals surface area contributed by atoms with E-state index in [1.54, 1.807) is 60.4 Å². The molecule has 0 saturated heterocycles. The van der Waals surface area contributed by atoms with Crippen LogP contribution in [-0.4, -0.2) is 59.2 Å². The van der Waals surface area contributed by atoms with Gasteiger partial charge in [-0.3, -0.25) is 4.98 Å². The maximum absolute atomic E-state index is 13.0. The number of carbonyl (C=O) groups is 1. The summed E-state index contributed by atoms with van der Waals surface area (Å²) in [5.74, 6) is 2.20. The number of ether oxygens (including phenoxy) is 2. The fourth-order valence-electron chi connectivity index (χ4n) is 3.39. The van der Waals surface area contributed by atoms with Crippen molar-refractivity contribution < 1.29 is 18.7 Å². The predicted octanol–water partition coefficient (Wildman–Crippen LogP) is 6.43. The van der Waals surface area contributed by atoms with Crippen LogP contribution in [0.5, 0.6) is 17.2 Å². The fraction of sp³-hybridized carbons (Fsp3) is 0.148. The fourth-order valence-corrected chi connectivity index (χ4v) is 3.80. The number of thioether (sulfide) groups is 1. The van der Waals surface area contributed by atoms with Gasteiger partial charge in [-0.05, 0) is 79.1 Å². The number of benzene rings is 3. The molecule has 0 saturated carbocycles. The SMILES string of the molecule is CSCCCOc1cc2nccc(Oc3ccc(NC(=O)Nc4ccc(F)cc4)cc3)c2cc1C#N.[Na]. The molecule has 183 valence electrons. The summed E-state index contributed by atoms with van der Waals surface area (Å²) in [7, 11) is 0. The summed E-state index contributed by atoms with van der Waals surface area (Å²) in [5, 5.41) is 15.6. The molecule has 1 aromatic heterocycles. The number of rotatable bonds is 9. The third kappa shape index (κ3) is 7.84. The van der Waals surface area contributed by atoms with E-state index in [2.05, 4.69) is 21.7 Å². The molecule has 1 heterocycles. The second-order valence-corrected chi connectivity index (χ2v) is 8.68. The minimum absolute atomic E-state index is 0. The third-order valence-corrected chi connectivity index (χ3v) is 5.81. The molecule has 0 aliphatic heterocycles. The van der Waals surface area contributed by atoms with Crippen molar-refractivity contribution in [3.8, 4) is 23.3 Å². The predicted molar refractivity (Wildman–Crippen MR) is 146 cm³/mol. The van der Waals surface area contributed by atoms with Gasteiger partial charge in [-0.1, -0.05) is 0 Å². The van der Waals surface area contributed by atoms with Crippen LogP contribution in [-0.2, 0) is 0 Å². The number of nitrogens with one attached hydrogen (secondary N) is 2. The summed E-state index contributed by atoms with van der Waals surface area (Å²) in [6, 6.07) is 19.3. The number of nitriles is 1. The molecule has 0 bridgehead atoms. The van der Waals surface area contributed by atoms with E-state index in [-0.39, 0.29) is 35.4 Å². The Morgan fingerprint density at radius 1 is 1.03 bits per heavy atom. The van der Waals surface area contributed by atoms with Crippen LogP contribution in [0, 0.1) is 17.1 Å². The average Bonchev–Trinajstić information content (AvgIpc) is 2.89. The van der Waals surface area contributed by atoms with Crippen LogP contribution in [0.1, 0.15) is 12.0 Å². The molecule has 4 rings (SSSR count). The van der Waals surface area contributed by atoms with Crippen LogP contribution in [0.3, 0.4) is 0 Å². The van der Waals surface area contributed by atoms with Gasteiger partial charge in [0.05, 0.1) is 17.7 Å². The van der Waals surface area contributed by atoms with Crippen LogP contribution in [0.15, 0.2) is 72.9 Å². The first-order valence-corrected chi connectivity index (χ1v) is 12.5. The Morgan fingerprint density at radius 3 is 2.35 bits per heavy atom. The van der Waals surface area contributed by atoms with E-state index in [0.717, 1.165) is 12.2 Å². The Morgan fingerprint density at radius 2 is 1.70 bits per heavy atom. The summed E-state index contributed by atoms with van der Waals surface area (Å²) in [4.78, 5) is 16.6. The third-order valence-electron chi connectivity index (χ3n) is 5.12. The second kappa shape index (κ2) is 13.9. The van der Waals surface area contributed by atoms with Crippen molar-refractivity contribution in [3.63, 3.8) is 0 Å². The van der Waals surface area contributed by atoms with Crippen LogP contribution in [0.4, 0.5) is 20.6 Å². The minimum atomic E-state index is -0.453. The zero-order valence-electron chi connectivity index (χ0n) is 20.5. The molecule has 2 amide bonds. The molecule has 0 unspecified atom stereocenters. The van der Waals surface area contributed by atoms with Gasteiger partial charge in [-0.15, -0.1) is 0 Å².